The number of hydrogen-bond donors (Lipinski definition) is 0. The van der Waals surface area contributed by atoms with Gasteiger partial charge in [0.25, 0.3) is 0 Å². The van der Waals surface area contributed by atoms with Crippen molar-refractivity contribution in [2.24, 2.45) is 11.8 Å². The van der Waals surface area contributed by atoms with Crippen molar-refractivity contribution in [1.82, 2.24) is 0 Å². The van der Waals surface area contributed by atoms with E-state index in [2.05, 4.69) is 6.92 Å². The second kappa shape index (κ2) is 9.00. The van der Waals surface area contributed by atoms with Crippen LogP contribution in [0.5, 0.6) is 0 Å². The van der Waals surface area contributed by atoms with Crippen LogP contribution in [-0.4, -0.2) is 34.0 Å². The molecule has 0 spiro atoms. The minimum absolute atomic E-state index is 0.0245. The molecule has 24 heavy (non-hydrogen) atoms. The number of rotatable bonds is 9. The molecular weight excluding hydrogens is 394 g/mol. The minimum atomic E-state index is -3.61. The summed E-state index contributed by atoms with van der Waals surface area (Å²) < 4.78 is 29.6. The molecule has 0 aromatic heterocycles. The van der Waals surface area contributed by atoms with Crippen molar-refractivity contribution in [2.75, 3.05) is 13.2 Å². The van der Waals surface area contributed by atoms with E-state index in [1.54, 1.807) is 20.8 Å². The van der Waals surface area contributed by atoms with Gasteiger partial charge in [-0.2, -0.15) is 0 Å². The zero-order valence-corrected chi connectivity index (χ0v) is 17.7. The number of carbonyl (C=O) groups excluding carboxylic acids is 1. The summed E-state index contributed by atoms with van der Waals surface area (Å²) in [6, 6.07) is 0. The standard InChI is InChI=1S/C17H29O5PSe/c1-5-20-23(19,21-6-2)22-16-14-10-8-9-13(14)11-15(12(4)18)17(16)24-7-3/h13,15,17H,5-11H2,1-4H3/t13-,15-,17+/m1/s1. The first-order valence-electron chi connectivity index (χ1n) is 8.89. The molecule has 1 fully saturated rings. The predicted octanol–water partition coefficient (Wildman–Crippen LogP) is 4.78. The van der Waals surface area contributed by atoms with Crippen molar-refractivity contribution < 1.29 is 22.9 Å². The average molecular weight is 423 g/mol. The van der Waals surface area contributed by atoms with Gasteiger partial charge >= 0.3 is 151 Å². The normalized spacial score (nSPS) is 27.2. The number of phosphoric ester groups is 1. The SMILES string of the molecule is CCOP(=O)(OCC)OC1=C2CCC[C@@H]2C[C@H](C(C)=O)[C@@H]1[Se]CC. The fraction of sp³-hybridized carbons (Fsp3) is 0.824. The summed E-state index contributed by atoms with van der Waals surface area (Å²) in [5.41, 5.74) is 1.26. The Hall–Kier alpha value is -0.121. The number of Topliss-reactive ketones (excluding diaryl/α,β-unsaturated/α-hetero) is 1. The molecule has 0 radical (unpaired) electrons. The van der Waals surface area contributed by atoms with Crippen LogP contribution >= 0.6 is 7.82 Å². The summed E-state index contributed by atoms with van der Waals surface area (Å²) >= 11 is 0.232. The molecule has 138 valence electrons. The van der Waals surface area contributed by atoms with Gasteiger partial charge in [0.1, 0.15) is 0 Å². The van der Waals surface area contributed by atoms with Crippen molar-refractivity contribution in [3.63, 3.8) is 0 Å². The van der Waals surface area contributed by atoms with E-state index >= 15 is 0 Å². The Kier molecular flexibility index (Phi) is 7.58. The van der Waals surface area contributed by atoms with Gasteiger partial charge in [0.15, 0.2) is 0 Å². The molecule has 0 heterocycles. The van der Waals surface area contributed by atoms with Gasteiger partial charge in [-0.25, -0.2) is 0 Å². The molecule has 0 aromatic rings. The maximum absolute atomic E-state index is 12.9. The van der Waals surface area contributed by atoms with Gasteiger partial charge in [-0.3, -0.25) is 0 Å². The summed E-state index contributed by atoms with van der Waals surface area (Å²) in [5, 5.41) is 1.01. The van der Waals surface area contributed by atoms with Crippen LogP contribution in [0.15, 0.2) is 11.3 Å². The van der Waals surface area contributed by atoms with E-state index in [0.29, 0.717) is 5.92 Å². The van der Waals surface area contributed by atoms with Crippen LogP contribution in [0, 0.1) is 11.8 Å². The van der Waals surface area contributed by atoms with E-state index < -0.39 is 7.82 Å². The van der Waals surface area contributed by atoms with Crippen molar-refractivity contribution in [2.45, 2.75) is 63.5 Å². The molecule has 0 N–H and O–H groups in total. The summed E-state index contributed by atoms with van der Waals surface area (Å²) in [6.07, 6.45) is 4.08. The zero-order chi connectivity index (χ0) is 17.7. The van der Waals surface area contributed by atoms with Gasteiger partial charge in [0, 0.05) is 0 Å². The topological polar surface area (TPSA) is 61.8 Å². The number of ketones is 1. The fourth-order valence-electron chi connectivity index (χ4n) is 3.69. The number of allylic oxidation sites excluding steroid dienone is 2. The van der Waals surface area contributed by atoms with E-state index in [4.69, 9.17) is 13.6 Å². The first-order valence-corrected chi connectivity index (χ1v) is 12.6. The van der Waals surface area contributed by atoms with Gasteiger partial charge in [-0.15, -0.1) is 0 Å². The Morgan fingerprint density at radius 2 is 1.92 bits per heavy atom. The van der Waals surface area contributed by atoms with Crippen molar-refractivity contribution in [3.8, 4) is 0 Å². The van der Waals surface area contributed by atoms with Crippen molar-refractivity contribution >= 4 is 28.6 Å². The van der Waals surface area contributed by atoms with Crippen LogP contribution in [0.4, 0.5) is 0 Å². The van der Waals surface area contributed by atoms with Crippen LogP contribution in [0.3, 0.4) is 0 Å². The summed E-state index contributed by atoms with van der Waals surface area (Å²) in [6.45, 7) is 7.89. The molecule has 0 amide bonds. The second-order valence-electron chi connectivity index (χ2n) is 6.18. The third-order valence-corrected chi connectivity index (χ3v) is 8.78. The first kappa shape index (κ1) is 20.2. The number of hydrogen-bond acceptors (Lipinski definition) is 5. The van der Waals surface area contributed by atoms with Crippen LogP contribution in [0.2, 0.25) is 10.1 Å². The van der Waals surface area contributed by atoms with E-state index in [9.17, 15) is 9.36 Å². The number of phosphoric acid groups is 1. The van der Waals surface area contributed by atoms with E-state index in [1.807, 2.05) is 0 Å². The van der Waals surface area contributed by atoms with Gasteiger partial charge in [0.05, 0.1) is 0 Å². The van der Waals surface area contributed by atoms with E-state index in [0.717, 1.165) is 36.8 Å². The molecule has 3 atom stereocenters. The van der Waals surface area contributed by atoms with E-state index in [-0.39, 0.29) is 44.7 Å². The van der Waals surface area contributed by atoms with Crippen LogP contribution in [-0.2, 0) is 22.9 Å². The van der Waals surface area contributed by atoms with Gasteiger partial charge in [0.2, 0.25) is 0 Å². The van der Waals surface area contributed by atoms with Crippen molar-refractivity contribution in [1.29, 1.82) is 0 Å². The molecular formula is C17H29O5PSe. The van der Waals surface area contributed by atoms with Gasteiger partial charge < -0.3 is 0 Å². The molecule has 0 aliphatic heterocycles. The Morgan fingerprint density at radius 1 is 1.25 bits per heavy atom. The molecule has 0 saturated heterocycles. The molecule has 5 nitrogen and oxygen atoms in total. The molecule has 0 aromatic carbocycles. The van der Waals surface area contributed by atoms with Crippen molar-refractivity contribution in [3.05, 3.63) is 11.3 Å². The maximum atomic E-state index is 12.9. The third-order valence-electron chi connectivity index (χ3n) is 4.62. The van der Waals surface area contributed by atoms with E-state index in [1.165, 1.54) is 5.57 Å². The molecule has 2 aliphatic rings. The Bertz CT molecular complexity index is 523. The molecule has 0 bridgehead atoms. The molecule has 2 rings (SSSR count). The zero-order valence-electron chi connectivity index (χ0n) is 15.1. The molecule has 1 saturated carbocycles. The average Bonchev–Trinajstić information content (AvgIpc) is 2.98. The summed E-state index contributed by atoms with van der Waals surface area (Å²) in [7, 11) is -3.61. The molecule has 7 heteroatoms. The monoisotopic (exact) mass is 424 g/mol. The molecule has 2 aliphatic carbocycles. The first-order chi connectivity index (χ1) is 11.5. The third kappa shape index (κ3) is 4.53. The molecule has 0 unspecified atom stereocenters. The predicted molar refractivity (Wildman–Crippen MR) is 95.1 cm³/mol. The Labute approximate surface area is 151 Å². The van der Waals surface area contributed by atoms with Crippen LogP contribution in [0.25, 0.3) is 0 Å². The second-order valence-corrected chi connectivity index (χ2v) is 10.8. The fourth-order valence-corrected chi connectivity index (χ4v) is 7.74. The number of carbonyl (C=O) groups is 1. The van der Waals surface area contributed by atoms with Gasteiger partial charge in [-0.1, -0.05) is 0 Å². The Morgan fingerprint density at radius 3 is 2.46 bits per heavy atom. The van der Waals surface area contributed by atoms with Crippen LogP contribution < -0.4 is 0 Å². The number of fused-ring (bicyclic) bond motifs is 1. The quantitative estimate of drug-likeness (QED) is 0.395. The summed E-state index contributed by atoms with van der Waals surface area (Å²) in [4.78, 5) is 12.3. The summed E-state index contributed by atoms with van der Waals surface area (Å²) in [5.74, 6) is 1.33. The van der Waals surface area contributed by atoms with Crippen LogP contribution in [0.1, 0.15) is 53.4 Å². The van der Waals surface area contributed by atoms with Gasteiger partial charge in [-0.05, 0) is 0 Å². The Balaban J connectivity index is 2.39.